The number of hydrogen-bond donors (Lipinski definition) is 1. The lowest BCUT2D eigenvalue weighted by Crippen LogP contribution is -2.37. The van der Waals surface area contributed by atoms with Crippen molar-refractivity contribution >= 4 is 5.95 Å². The van der Waals surface area contributed by atoms with Crippen molar-refractivity contribution in [3.63, 3.8) is 0 Å². The fraction of sp³-hybridized carbons (Fsp3) is 0.833. The van der Waals surface area contributed by atoms with Crippen LogP contribution in [-0.2, 0) is 11.2 Å². The van der Waals surface area contributed by atoms with E-state index < -0.39 is 0 Å². The predicted molar refractivity (Wildman–Crippen MR) is 66.6 cm³/mol. The number of anilines is 1. The Morgan fingerprint density at radius 1 is 1.39 bits per heavy atom. The third kappa shape index (κ3) is 2.64. The van der Waals surface area contributed by atoms with Crippen LogP contribution in [0.1, 0.15) is 18.7 Å². The fourth-order valence-electron chi connectivity index (χ4n) is 2.41. The van der Waals surface area contributed by atoms with Crippen molar-refractivity contribution in [2.45, 2.75) is 25.3 Å². The van der Waals surface area contributed by atoms with Crippen molar-refractivity contribution in [3.05, 3.63) is 5.89 Å². The maximum absolute atomic E-state index is 5.34. The second-order valence-corrected chi connectivity index (χ2v) is 5.02. The Morgan fingerprint density at radius 3 is 2.83 bits per heavy atom. The Hall–Kier alpha value is -1.14. The summed E-state index contributed by atoms with van der Waals surface area (Å²) in [4.78, 5) is 6.60. The van der Waals surface area contributed by atoms with E-state index in [4.69, 9.17) is 9.26 Å². The molecule has 1 aliphatic heterocycles. The molecule has 2 aliphatic rings. The SMILES string of the molecule is CNC(Cc1nc(N2CCOCC2)no1)C1CC1. The van der Waals surface area contributed by atoms with E-state index in [0.29, 0.717) is 12.0 Å². The first-order chi connectivity index (χ1) is 8.86. The summed E-state index contributed by atoms with van der Waals surface area (Å²) in [5.41, 5.74) is 0. The molecule has 0 aromatic carbocycles. The summed E-state index contributed by atoms with van der Waals surface area (Å²) >= 11 is 0. The number of aromatic nitrogens is 2. The molecule has 6 heteroatoms. The molecule has 1 N–H and O–H groups in total. The van der Waals surface area contributed by atoms with Gasteiger partial charge < -0.3 is 19.5 Å². The molecule has 1 saturated heterocycles. The van der Waals surface area contributed by atoms with Crippen molar-refractivity contribution < 1.29 is 9.26 Å². The van der Waals surface area contributed by atoms with Gasteiger partial charge in [-0.15, -0.1) is 0 Å². The van der Waals surface area contributed by atoms with E-state index in [1.807, 2.05) is 7.05 Å². The Labute approximate surface area is 107 Å². The average molecular weight is 252 g/mol. The van der Waals surface area contributed by atoms with E-state index in [0.717, 1.165) is 44.5 Å². The van der Waals surface area contributed by atoms with Gasteiger partial charge in [-0.2, -0.15) is 4.98 Å². The monoisotopic (exact) mass is 252 g/mol. The topological polar surface area (TPSA) is 63.4 Å². The Balaban J connectivity index is 1.61. The molecule has 1 unspecified atom stereocenters. The van der Waals surface area contributed by atoms with E-state index in [-0.39, 0.29) is 0 Å². The molecule has 0 spiro atoms. The molecule has 2 fully saturated rings. The van der Waals surface area contributed by atoms with Gasteiger partial charge in [0, 0.05) is 25.6 Å². The van der Waals surface area contributed by atoms with Crippen molar-refractivity contribution in [2.24, 2.45) is 5.92 Å². The minimum Gasteiger partial charge on any atom is -0.378 e. The first-order valence-electron chi connectivity index (χ1n) is 6.69. The van der Waals surface area contributed by atoms with Gasteiger partial charge >= 0.3 is 0 Å². The smallest absolute Gasteiger partial charge is 0.266 e. The summed E-state index contributed by atoms with van der Waals surface area (Å²) in [5, 5.41) is 7.40. The van der Waals surface area contributed by atoms with Crippen LogP contribution < -0.4 is 10.2 Å². The lowest BCUT2D eigenvalue weighted by Gasteiger charge is -2.24. The number of rotatable bonds is 5. The van der Waals surface area contributed by atoms with Gasteiger partial charge in [-0.25, -0.2) is 0 Å². The zero-order valence-electron chi connectivity index (χ0n) is 10.8. The van der Waals surface area contributed by atoms with Gasteiger partial charge in [0.05, 0.1) is 13.2 Å². The molecule has 0 radical (unpaired) electrons. The molecule has 1 atom stereocenters. The standard InChI is InChI=1S/C12H20N4O2/c1-13-10(9-2-3-9)8-11-14-12(15-18-11)16-4-6-17-7-5-16/h9-10,13H,2-8H2,1H3. The first-order valence-corrected chi connectivity index (χ1v) is 6.69. The number of nitrogens with zero attached hydrogens (tertiary/aromatic N) is 3. The van der Waals surface area contributed by atoms with Gasteiger partial charge in [0.2, 0.25) is 5.89 Å². The molecular formula is C12H20N4O2. The highest BCUT2D eigenvalue weighted by Crippen LogP contribution is 2.33. The highest BCUT2D eigenvalue weighted by molar-refractivity contribution is 5.28. The van der Waals surface area contributed by atoms with Gasteiger partial charge in [0.25, 0.3) is 5.95 Å². The number of hydrogen-bond acceptors (Lipinski definition) is 6. The van der Waals surface area contributed by atoms with Crippen molar-refractivity contribution in [2.75, 3.05) is 38.3 Å². The maximum atomic E-state index is 5.34. The highest BCUT2D eigenvalue weighted by atomic mass is 16.5. The molecular weight excluding hydrogens is 232 g/mol. The van der Waals surface area contributed by atoms with Crippen LogP contribution in [0.25, 0.3) is 0 Å². The van der Waals surface area contributed by atoms with Crippen LogP contribution in [0.5, 0.6) is 0 Å². The molecule has 18 heavy (non-hydrogen) atoms. The Bertz CT molecular complexity index is 385. The third-order valence-corrected chi connectivity index (χ3v) is 3.71. The van der Waals surface area contributed by atoms with Gasteiger partial charge in [-0.05, 0) is 31.0 Å². The van der Waals surface area contributed by atoms with E-state index in [1.54, 1.807) is 0 Å². The zero-order chi connectivity index (χ0) is 12.4. The number of morpholine rings is 1. The second-order valence-electron chi connectivity index (χ2n) is 5.02. The van der Waals surface area contributed by atoms with Crippen LogP contribution >= 0.6 is 0 Å². The van der Waals surface area contributed by atoms with Gasteiger partial charge in [-0.3, -0.25) is 0 Å². The minimum absolute atomic E-state index is 0.475. The van der Waals surface area contributed by atoms with Crippen molar-refractivity contribution in [1.29, 1.82) is 0 Å². The first kappa shape index (κ1) is 11.9. The number of nitrogens with one attached hydrogen (secondary N) is 1. The highest BCUT2D eigenvalue weighted by Gasteiger charge is 2.31. The lowest BCUT2D eigenvalue weighted by atomic mass is 10.1. The fourth-order valence-corrected chi connectivity index (χ4v) is 2.41. The molecule has 1 aromatic rings. The predicted octanol–water partition coefficient (Wildman–Crippen LogP) is 0.447. The van der Waals surface area contributed by atoms with Crippen LogP contribution in [0, 0.1) is 5.92 Å². The average Bonchev–Trinajstić information content (AvgIpc) is 3.16. The van der Waals surface area contributed by atoms with Crippen LogP contribution in [0.3, 0.4) is 0 Å². The van der Waals surface area contributed by atoms with Gasteiger partial charge in [0.1, 0.15) is 0 Å². The van der Waals surface area contributed by atoms with E-state index in [9.17, 15) is 0 Å². The molecule has 1 saturated carbocycles. The van der Waals surface area contributed by atoms with Crippen LogP contribution in [0.4, 0.5) is 5.95 Å². The van der Waals surface area contributed by atoms with Crippen LogP contribution in [-0.4, -0.2) is 49.5 Å². The molecule has 3 rings (SSSR count). The summed E-state index contributed by atoms with van der Waals surface area (Å²) in [6, 6.07) is 0.475. The maximum Gasteiger partial charge on any atom is 0.266 e. The minimum atomic E-state index is 0.475. The second kappa shape index (κ2) is 5.24. The Kier molecular flexibility index (Phi) is 3.47. The Morgan fingerprint density at radius 2 is 2.17 bits per heavy atom. The zero-order valence-corrected chi connectivity index (χ0v) is 10.8. The summed E-state index contributed by atoms with van der Waals surface area (Å²) in [6.07, 6.45) is 3.46. The number of ether oxygens (including phenoxy) is 1. The van der Waals surface area contributed by atoms with Gasteiger partial charge in [0.15, 0.2) is 0 Å². The van der Waals surface area contributed by atoms with E-state index >= 15 is 0 Å². The quantitative estimate of drug-likeness (QED) is 0.820. The molecule has 2 heterocycles. The molecule has 100 valence electrons. The summed E-state index contributed by atoms with van der Waals surface area (Å²) < 4.78 is 10.7. The van der Waals surface area contributed by atoms with Crippen molar-refractivity contribution in [3.8, 4) is 0 Å². The largest absolute Gasteiger partial charge is 0.378 e. The summed E-state index contributed by atoms with van der Waals surface area (Å²) in [7, 11) is 2.00. The third-order valence-electron chi connectivity index (χ3n) is 3.71. The van der Waals surface area contributed by atoms with E-state index in [2.05, 4.69) is 20.4 Å². The molecule has 6 nitrogen and oxygen atoms in total. The molecule has 0 amide bonds. The number of likely N-dealkylation sites (N-methyl/N-ethyl adjacent to an activating group) is 1. The van der Waals surface area contributed by atoms with Gasteiger partial charge in [-0.1, -0.05) is 0 Å². The van der Waals surface area contributed by atoms with Crippen molar-refractivity contribution in [1.82, 2.24) is 15.5 Å². The molecule has 1 aromatic heterocycles. The van der Waals surface area contributed by atoms with E-state index in [1.165, 1.54) is 12.8 Å². The lowest BCUT2D eigenvalue weighted by molar-refractivity contribution is 0.121. The summed E-state index contributed by atoms with van der Waals surface area (Å²) in [6.45, 7) is 3.17. The van der Waals surface area contributed by atoms with Crippen LogP contribution in [0.15, 0.2) is 4.52 Å². The summed E-state index contributed by atoms with van der Waals surface area (Å²) in [5.74, 6) is 2.23. The molecule has 0 bridgehead atoms. The molecule has 1 aliphatic carbocycles. The normalized spacial score (nSPS) is 22.2. The van der Waals surface area contributed by atoms with Crippen LogP contribution in [0.2, 0.25) is 0 Å².